The van der Waals surface area contributed by atoms with Gasteiger partial charge in [0.2, 0.25) is 10.0 Å². The van der Waals surface area contributed by atoms with Crippen LogP contribution < -0.4 is 0 Å². The van der Waals surface area contributed by atoms with Crippen molar-refractivity contribution in [2.75, 3.05) is 6.54 Å². The summed E-state index contributed by atoms with van der Waals surface area (Å²) in [5, 5.41) is 9.67. The number of benzene rings is 1. The Balaban J connectivity index is 2.33. The molecular weight excluding hydrogens is 250 g/mol. The summed E-state index contributed by atoms with van der Waals surface area (Å²) in [6.07, 6.45) is 0.899. The molecule has 4 nitrogen and oxygen atoms in total. The second-order valence-corrected chi connectivity index (χ2v) is 6.77. The lowest BCUT2D eigenvalue weighted by Gasteiger charge is -2.26. The minimum absolute atomic E-state index is 0.295. The maximum Gasteiger partial charge on any atom is 0.243 e. The van der Waals surface area contributed by atoms with E-state index in [0.29, 0.717) is 11.4 Å². The predicted molar refractivity (Wildman–Crippen MR) is 69.8 cm³/mol. The summed E-state index contributed by atoms with van der Waals surface area (Å²) in [4.78, 5) is 0.306. The molecule has 1 N–H and O–H groups in total. The van der Waals surface area contributed by atoms with Gasteiger partial charge in [0.05, 0.1) is 17.0 Å². The molecule has 100 valence electrons. The maximum atomic E-state index is 12.5. The second-order valence-electron chi connectivity index (χ2n) is 4.88. The quantitative estimate of drug-likeness (QED) is 0.905. The SMILES string of the molecule is Cc1ccc(S(=O)(=O)N2CCC[C@H]2[C@@H](C)O)cc1. The molecule has 0 spiro atoms. The lowest BCUT2D eigenvalue weighted by atomic mass is 10.1. The zero-order valence-electron chi connectivity index (χ0n) is 10.7. The average Bonchev–Trinajstić information content (AvgIpc) is 2.79. The Morgan fingerprint density at radius 2 is 1.94 bits per heavy atom. The van der Waals surface area contributed by atoms with Gasteiger partial charge in [-0.2, -0.15) is 4.31 Å². The zero-order valence-corrected chi connectivity index (χ0v) is 11.5. The molecule has 18 heavy (non-hydrogen) atoms. The van der Waals surface area contributed by atoms with E-state index in [0.717, 1.165) is 18.4 Å². The van der Waals surface area contributed by atoms with Gasteiger partial charge in [0.15, 0.2) is 0 Å². The molecule has 1 aliphatic heterocycles. The van der Waals surface area contributed by atoms with E-state index in [1.807, 2.05) is 6.92 Å². The fourth-order valence-corrected chi connectivity index (χ4v) is 4.15. The van der Waals surface area contributed by atoms with Crippen LogP contribution in [0.4, 0.5) is 0 Å². The minimum Gasteiger partial charge on any atom is -0.392 e. The largest absolute Gasteiger partial charge is 0.392 e. The first kappa shape index (κ1) is 13.5. The summed E-state index contributed by atoms with van der Waals surface area (Å²) in [5.41, 5.74) is 1.03. The van der Waals surface area contributed by atoms with E-state index in [-0.39, 0.29) is 6.04 Å². The van der Waals surface area contributed by atoms with E-state index in [2.05, 4.69) is 0 Å². The van der Waals surface area contributed by atoms with Gasteiger partial charge in [0.25, 0.3) is 0 Å². The maximum absolute atomic E-state index is 12.5. The van der Waals surface area contributed by atoms with E-state index in [1.54, 1.807) is 31.2 Å². The Morgan fingerprint density at radius 3 is 2.50 bits per heavy atom. The van der Waals surface area contributed by atoms with Crippen LogP contribution in [0.2, 0.25) is 0 Å². The molecular formula is C13H19NO3S. The smallest absolute Gasteiger partial charge is 0.243 e. The first-order valence-electron chi connectivity index (χ1n) is 6.19. The van der Waals surface area contributed by atoms with E-state index >= 15 is 0 Å². The van der Waals surface area contributed by atoms with Crippen LogP contribution >= 0.6 is 0 Å². The van der Waals surface area contributed by atoms with Gasteiger partial charge in [-0.05, 0) is 38.8 Å². The second kappa shape index (κ2) is 4.99. The van der Waals surface area contributed by atoms with Gasteiger partial charge < -0.3 is 5.11 Å². The molecule has 1 aromatic carbocycles. The highest BCUT2D eigenvalue weighted by molar-refractivity contribution is 7.89. The third-order valence-corrected chi connectivity index (χ3v) is 5.37. The highest BCUT2D eigenvalue weighted by Crippen LogP contribution is 2.27. The Bertz CT molecular complexity index is 508. The van der Waals surface area contributed by atoms with Crippen molar-refractivity contribution in [2.45, 2.75) is 43.7 Å². The summed E-state index contributed by atoms with van der Waals surface area (Å²) >= 11 is 0. The van der Waals surface area contributed by atoms with Crippen LogP contribution in [0, 0.1) is 6.92 Å². The van der Waals surface area contributed by atoms with Gasteiger partial charge in [-0.25, -0.2) is 8.42 Å². The number of aliphatic hydroxyl groups excluding tert-OH is 1. The summed E-state index contributed by atoms with van der Waals surface area (Å²) < 4.78 is 26.4. The van der Waals surface area contributed by atoms with Crippen molar-refractivity contribution in [1.82, 2.24) is 4.31 Å². The van der Waals surface area contributed by atoms with Gasteiger partial charge in [0.1, 0.15) is 0 Å². The Kier molecular flexibility index (Phi) is 3.75. The number of hydrogen-bond acceptors (Lipinski definition) is 3. The van der Waals surface area contributed by atoms with Crippen LogP contribution in [0.25, 0.3) is 0 Å². The standard InChI is InChI=1S/C13H19NO3S/c1-10-5-7-12(8-6-10)18(16,17)14-9-3-4-13(14)11(2)15/h5-8,11,13,15H,3-4,9H2,1-2H3/t11-,13+/m1/s1. The molecule has 2 rings (SSSR count). The van der Waals surface area contributed by atoms with Gasteiger partial charge in [0, 0.05) is 6.54 Å². The Hall–Kier alpha value is -0.910. The fraction of sp³-hybridized carbons (Fsp3) is 0.538. The number of rotatable bonds is 3. The van der Waals surface area contributed by atoms with E-state index in [4.69, 9.17) is 0 Å². The van der Waals surface area contributed by atoms with Gasteiger partial charge in [-0.3, -0.25) is 0 Å². The Morgan fingerprint density at radius 1 is 1.33 bits per heavy atom. The van der Waals surface area contributed by atoms with E-state index < -0.39 is 16.1 Å². The minimum atomic E-state index is -3.48. The molecule has 1 fully saturated rings. The molecule has 1 aliphatic rings. The van der Waals surface area contributed by atoms with Crippen LogP contribution in [0.1, 0.15) is 25.3 Å². The zero-order chi connectivity index (χ0) is 13.3. The van der Waals surface area contributed by atoms with Crippen LogP contribution in [0.15, 0.2) is 29.2 Å². The van der Waals surface area contributed by atoms with Crippen molar-refractivity contribution < 1.29 is 13.5 Å². The average molecular weight is 269 g/mol. The number of sulfonamides is 1. The summed E-state index contributed by atoms with van der Waals surface area (Å²) in [5.74, 6) is 0. The van der Waals surface area contributed by atoms with Gasteiger partial charge in [-0.1, -0.05) is 17.7 Å². The van der Waals surface area contributed by atoms with Crippen molar-refractivity contribution in [3.05, 3.63) is 29.8 Å². The molecule has 0 radical (unpaired) electrons. The molecule has 1 heterocycles. The molecule has 0 bridgehead atoms. The van der Waals surface area contributed by atoms with E-state index in [1.165, 1.54) is 4.31 Å². The van der Waals surface area contributed by atoms with Crippen LogP contribution in [0.3, 0.4) is 0 Å². The van der Waals surface area contributed by atoms with Crippen molar-refractivity contribution in [1.29, 1.82) is 0 Å². The third-order valence-electron chi connectivity index (χ3n) is 3.43. The Labute approximate surface area is 108 Å². The monoisotopic (exact) mass is 269 g/mol. The highest BCUT2D eigenvalue weighted by Gasteiger charge is 2.37. The topological polar surface area (TPSA) is 57.6 Å². The van der Waals surface area contributed by atoms with Gasteiger partial charge in [-0.15, -0.1) is 0 Å². The number of aryl methyl sites for hydroxylation is 1. The number of hydrogen-bond donors (Lipinski definition) is 1. The van der Waals surface area contributed by atoms with Crippen molar-refractivity contribution in [3.8, 4) is 0 Å². The molecule has 5 heteroatoms. The molecule has 0 saturated carbocycles. The normalized spacial score (nSPS) is 23.2. The van der Waals surface area contributed by atoms with E-state index in [9.17, 15) is 13.5 Å². The molecule has 0 aromatic heterocycles. The first-order chi connectivity index (χ1) is 8.43. The molecule has 1 aromatic rings. The lowest BCUT2D eigenvalue weighted by molar-refractivity contribution is 0.123. The van der Waals surface area contributed by atoms with Crippen LogP contribution in [-0.4, -0.2) is 36.5 Å². The third kappa shape index (κ3) is 2.43. The number of nitrogens with zero attached hydrogens (tertiary/aromatic N) is 1. The summed E-state index contributed by atoms with van der Waals surface area (Å²) in [7, 11) is -3.48. The summed E-state index contributed by atoms with van der Waals surface area (Å²) in [6, 6.07) is 6.54. The highest BCUT2D eigenvalue weighted by atomic mass is 32.2. The lowest BCUT2D eigenvalue weighted by Crippen LogP contribution is -2.41. The molecule has 0 aliphatic carbocycles. The number of aliphatic hydroxyl groups is 1. The van der Waals surface area contributed by atoms with Crippen LogP contribution in [-0.2, 0) is 10.0 Å². The van der Waals surface area contributed by atoms with Gasteiger partial charge >= 0.3 is 0 Å². The van der Waals surface area contributed by atoms with Crippen molar-refractivity contribution in [2.24, 2.45) is 0 Å². The predicted octanol–water partition coefficient (Wildman–Crippen LogP) is 1.53. The van der Waals surface area contributed by atoms with Crippen LogP contribution in [0.5, 0.6) is 0 Å². The molecule has 0 amide bonds. The fourth-order valence-electron chi connectivity index (χ4n) is 2.39. The molecule has 0 unspecified atom stereocenters. The van der Waals surface area contributed by atoms with Crippen molar-refractivity contribution in [3.63, 3.8) is 0 Å². The van der Waals surface area contributed by atoms with Crippen molar-refractivity contribution >= 4 is 10.0 Å². The molecule has 2 atom stereocenters. The summed E-state index contributed by atoms with van der Waals surface area (Å²) in [6.45, 7) is 4.06. The molecule has 1 saturated heterocycles. The first-order valence-corrected chi connectivity index (χ1v) is 7.63.